The van der Waals surface area contributed by atoms with Crippen LogP contribution in [0.4, 0.5) is 0 Å². The number of amides is 1. The summed E-state index contributed by atoms with van der Waals surface area (Å²) in [6.07, 6.45) is 2.85. The van der Waals surface area contributed by atoms with Crippen LogP contribution in [0.1, 0.15) is 44.6 Å². The topological polar surface area (TPSA) is 55.1 Å². The highest BCUT2D eigenvalue weighted by Gasteiger charge is 2.18. The van der Waals surface area contributed by atoms with Gasteiger partial charge in [0.25, 0.3) is 0 Å². The Balaban J connectivity index is 2.55. The largest absolute Gasteiger partial charge is 0.355 e. The lowest BCUT2D eigenvalue weighted by molar-refractivity contribution is -0.122. The minimum Gasteiger partial charge on any atom is -0.355 e. The number of benzene rings is 1. The number of hydrogen-bond donors (Lipinski definition) is 2. The fourth-order valence-electron chi connectivity index (χ4n) is 2.31. The van der Waals surface area contributed by atoms with Crippen molar-refractivity contribution >= 4 is 5.91 Å². The smallest absolute Gasteiger partial charge is 0.227 e. The van der Waals surface area contributed by atoms with E-state index in [4.69, 9.17) is 5.73 Å². The van der Waals surface area contributed by atoms with Gasteiger partial charge in [-0.15, -0.1) is 0 Å². The second-order valence-corrected chi connectivity index (χ2v) is 4.97. The molecule has 3 nitrogen and oxygen atoms in total. The maximum absolute atomic E-state index is 12.3. The Morgan fingerprint density at radius 3 is 2.42 bits per heavy atom. The van der Waals surface area contributed by atoms with Gasteiger partial charge >= 0.3 is 0 Å². The number of rotatable bonds is 8. The zero-order valence-electron chi connectivity index (χ0n) is 12.1. The van der Waals surface area contributed by atoms with E-state index in [9.17, 15) is 4.79 Å². The first-order valence-corrected chi connectivity index (χ1v) is 7.25. The lowest BCUT2D eigenvalue weighted by Gasteiger charge is -2.19. The lowest BCUT2D eigenvalue weighted by Crippen LogP contribution is -2.33. The zero-order valence-corrected chi connectivity index (χ0v) is 12.1. The maximum Gasteiger partial charge on any atom is 0.227 e. The molecule has 19 heavy (non-hydrogen) atoms. The summed E-state index contributed by atoms with van der Waals surface area (Å²) in [5.74, 6) is 0.572. The van der Waals surface area contributed by atoms with Gasteiger partial charge in [0.2, 0.25) is 5.91 Å². The summed E-state index contributed by atoms with van der Waals surface area (Å²) < 4.78 is 0. The molecule has 0 aliphatic rings. The van der Waals surface area contributed by atoms with Crippen molar-refractivity contribution in [2.45, 2.75) is 39.0 Å². The molecule has 3 heteroatoms. The van der Waals surface area contributed by atoms with Crippen LogP contribution in [-0.4, -0.2) is 19.0 Å². The summed E-state index contributed by atoms with van der Waals surface area (Å²) >= 11 is 0. The molecular formula is C16H26N2O. The Morgan fingerprint density at radius 2 is 1.89 bits per heavy atom. The van der Waals surface area contributed by atoms with E-state index < -0.39 is 0 Å². The Kier molecular flexibility index (Phi) is 7.19. The van der Waals surface area contributed by atoms with Gasteiger partial charge in [0.15, 0.2) is 0 Å². The average molecular weight is 262 g/mol. The average Bonchev–Trinajstić information content (AvgIpc) is 2.45. The Hall–Kier alpha value is -1.35. The molecule has 0 aromatic heterocycles. The van der Waals surface area contributed by atoms with Crippen LogP contribution < -0.4 is 11.1 Å². The molecule has 0 aliphatic heterocycles. The van der Waals surface area contributed by atoms with E-state index in [1.165, 1.54) is 0 Å². The molecule has 0 radical (unpaired) electrons. The van der Waals surface area contributed by atoms with E-state index in [1.54, 1.807) is 0 Å². The quantitative estimate of drug-likeness (QED) is 0.757. The van der Waals surface area contributed by atoms with E-state index in [0.717, 1.165) is 31.4 Å². The monoisotopic (exact) mass is 262 g/mol. The highest BCUT2D eigenvalue weighted by Crippen LogP contribution is 2.19. The molecule has 0 fully saturated rings. The molecule has 0 aliphatic carbocycles. The molecule has 0 saturated heterocycles. The molecule has 3 N–H and O–H groups in total. The molecule has 0 saturated carbocycles. The minimum absolute atomic E-state index is 0.0448. The standard InChI is InChI=1S/C16H26N2O/c1-3-13(10-11-17)12-18-16(19)15(4-2)14-8-6-5-7-9-14/h5-9,13,15H,3-4,10-12,17H2,1-2H3,(H,18,19). The van der Waals surface area contributed by atoms with Crippen molar-refractivity contribution in [3.8, 4) is 0 Å². The van der Waals surface area contributed by atoms with Gasteiger partial charge in [0.05, 0.1) is 5.92 Å². The lowest BCUT2D eigenvalue weighted by atomic mass is 9.95. The summed E-state index contributed by atoms with van der Waals surface area (Å²) in [5, 5.41) is 3.07. The van der Waals surface area contributed by atoms with Crippen molar-refractivity contribution in [3.05, 3.63) is 35.9 Å². The Labute approximate surface area is 116 Å². The van der Waals surface area contributed by atoms with Crippen molar-refractivity contribution < 1.29 is 4.79 Å². The predicted octanol–water partition coefficient (Wildman–Crippen LogP) is 2.67. The van der Waals surface area contributed by atoms with Gasteiger partial charge < -0.3 is 11.1 Å². The molecule has 2 unspecified atom stereocenters. The number of carbonyl (C=O) groups excluding carboxylic acids is 1. The number of hydrogen-bond acceptors (Lipinski definition) is 2. The molecule has 1 rings (SSSR count). The van der Waals surface area contributed by atoms with Crippen LogP contribution in [0.15, 0.2) is 30.3 Å². The van der Waals surface area contributed by atoms with Crippen LogP contribution in [0.2, 0.25) is 0 Å². The number of carbonyl (C=O) groups is 1. The minimum atomic E-state index is -0.0448. The highest BCUT2D eigenvalue weighted by molar-refractivity contribution is 5.83. The van der Waals surface area contributed by atoms with E-state index in [-0.39, 0.29) is 11.8 Å². The SMILES string of the molecule is CCC(CCN)CNC(=O)C(CC)c1ccccc1. The van der Waals surface area contributed by atoms with Gasteiger partial charge in [0.1, 0.15) is 0 Å². The second kappa shape index (κ2) is 8.70. The molecule has 0 bridgehead atoms. The van der Waals surface area contributed by atoms with Gasteiger partial charge in [-0.05, 0) is 30.9 Å². The summed E-state index contributed by atoms with van der Waals surface area (Å²) in [6.45, 7) is 5.61. The first kappa shape index (κ1) is 15.7. The zero-order chi connectivity index (χ0) is 14.1. The van der Waals surface area contributed by atoms with Gasteiger partial charge in [-0.25, -0.2) is 0 Å². The van der Waals surface area contributed by atoms with Crippen molar-refractivity contribution in [2.24, 2.45) is 11.7 Å². The van der Waals surface area contributed by atoms with Crippen molar-refractivity contribution in [1.82, 2.24) is 5.32 Å². The molecule has 1 aromatic carbocycles. The molecule has 0 heterocycles. The van der Waals surface area contributed by atoms with Gasteiger partial charge in [-0.2, -0.15) is 0 Å². The van der Waals surface area contributed by atoms with E-state index in [0.29, 0.717) is 12.5 Å². The second-order valence-electron chi connectivity index (χ2n) is 4.97. The Morgan fingerprint density at radius 1 is 1.21 bits per heavy atom. The first-order valence-electron chi connectivity index (χ1n) is 7.25. The third-order valence-electron chi connectivity index (χ3n) is 3.64. The fourth-order valence-corrected chi connectivity index (χ4v) is 2.31. The molecule has 1 amide bonds. The summed E-state index contributed by atoms with van der Waals surface area (Å²) in [5.41, 5.74) is 6.67. The number of nitrogens with two attached hydrogens (primary N) is 1. The summed E-state index contributed by atoms with van der Waals surface area (Å²) in [6, 6.07) is 9.97. The fraction of sp³-hybridized carbons (Fsp3) is 0.562. The predicted molar refractivity (Wildman–Crippen MR) is 79.9 cm³/mol. The molecular weight excluding hydrogens is 236 g/mol. The molecule has 106 valence electrons. The molecule has 2 atom stereocenters. The number of nitrogens with one attached hydrogen (secondary N) is 1. The van der Waals surface area contributed by atoms with Crippen LogP contribution in [-0.2, 0) is 4.79 Å². The van der Waals surface area contributed by atoms with Crippen molar-refractivity contribution in [1.29, 1.82) is 0 Å². The van der Waals surface area contributed by atoms with Crippen LogP contribution in [0, 0.1) is 5.92 Å². The molecule has 0 spiro atoms. The van der Waals surface area contributed by atoms with Gasteiger partial charge in [-0.1, -0.05) is 50.6 Å². The van der Waals surface area contributed by atoms with E-state index in [1.807, 2.05) is 30.3 Å². The van der Waals surface area contributed by atoms with Gasteiger partial charge in [-0.3, -0.25) is 4.79 Å². The van der Waals surface area contributed by atoms with E-state index in [2.05, 4.69) is 19.2 Å². The molecule has 1 aromatic rings. The normalized spacial score (nSPS) is 13.8. The Bertz CT molecular complexity index is 364. The first-order chi connectivity index (χ1) is 9.22. The third kappa shape index (κ3) is 5.03. The van der Waals surface area contributed by atoms with Crippen molar-refractivity contribution in [2.75, 3.05) is 13.1 Å². The summed E-state index contributed by atoms with van der Waals surface area (Å²) in [7, 11) is 0. The van der Waals surface area contributed by atoms with Crippen LogP contribution in [0.25, 0.3) is 0 Å². The van der Waals surface area contributed by atoms with Crippen LogP contribution in [0.5, 0.6) is 0 Å². The maximum atomic E-state index is 12.3. The van der Waals surface area contributed by atoms with Crippen LogP contribution in [0.3, 0.4) is 0 Å². The van der Waals surface area contributed by atoms with E-state index >= 15 is 0 Å². The third-order valence-corrected chi connectivity index (χ3v) is 3.64. The van der Waals surface area contributed by atoms with Gasteiger partial charge in [0, 0.05) is 6.54 Å². The van der Waals surface area contributed by atoms with Crippen LogP contribution >= 0.6 is 0 Å². The highest BCUT2D eigenvalue weighted by atomic mass is 16.1. The summed E-state index contributed by atoms with van der Waals surface area (Å²) in [4.78, 5) is 12.3. The van der Waals surface area contributed by atoms with Crippen molar-refractivity contribution in [3.63, 3.8) is 0 Å².